The maximum absolute atomic E-state index is 11.9. The fraction of sp³-hybridized carbons (Fsp3) is 0. The van der Waals surface area contributed by atoms with Gasteiger partial charge < -0.3 is 5.32 Å². The van der Waals surface area contributed by atoms with E-state index in [1.54, 1.807) is 30.5 Å². The van der Waals surface area contributed by atoms with E-state index in [1.807, 2.05) is 0 Å². The molecule has 0 fully saturated rings. The van der Waals surface area contributed by atoms with Crippen LogP contribution >= 0.6 is 0 Å². The lowest BCUT2D eigenvalue weighted by molar-refractivity contribution is 0.102. The molecule has 0 saturated carbocycles. The normalized spacial score (nSPS) is 10.3. The standard InChI is InChI=1S/C11H9N7O/c19-11(15-9-5-12-13-6-9)8-1-3-10(4-2-8)18-7-14-16-17-18/h1-7H,(H,12,13)(H,15,19). The van der Waals surface area contributed by atoms with E-state index in [4.69, 9.17) is 0 Å². The molecule has 0 aliphatic heterocycles. The molecule has 2 heterocycles. The summed E-state index contributed by atoms with van der Waals surface area (Å²) in [6, 6.07) is 6.93. The van der Waals surface area contributed by atoms with Crippen LogP contribution in [0.2, 0.25) is 0 Å². The summed E-state index contributed by atoms with van der Waals surface area (Å²) in [6.07, 6.45) is 4.63. The van der Waals surface area contributed by atoms with Crippen molar-refractivity contribution in [1.82, 2.24) is 30.4 Å². The summed E-state index contributed by atoms with van der Waals surface area (Å²) in [5.74, 6) is -0.204. The van der Waals surface area contributed by atoms with Crippen LogP contribution in [-0.2, 0) is 0 Å². The van der Waals surface area contributed by atoms with E-state index in [9.17, 15) is 4.79 Å². The number of rotatable bonds is 3. The van der Waals surface area contributed by atoms with Crippen LogP contribution in [0, 0.1) is 0 Å². The Balaban J connectivity index is 1.77. The lowest BCUT2D eigenvalue weighted by atomic mass is 10.2. The van der Waals surface area contributed by atoms with Crippen LogP contribution in [0.1, 0.15) is 10.4 Å². The van der Waals surface area contributed by atoms with E-state index >= 15 is 0 Å². The van der Waals surface area contributed by atoms with Gasteiger partial charge in [0.2, 0.25) is 0 Å². The molecule has 0 spiro atoms. The molecule has 0 saturated heterocycles. The van der Waals surface area contributed by atoms with Gasteiger partial charge in [-0.15, -0.1) is 5.10 Å². The van der Waals surface area contributed by atoms with E-state index in [0.717, 1.165) is 5.69 Å². The Labute approximate surface area is 107 Å². The molecule has 0 radical (unpaired) electrons. The highest BCUT2D eigenvalue weighted by Gasteiger charge is 2.07. The van der Waals surface area contributed by atoms with Crippen molar-refractivity contribution < 1.29 is 4.79 Å². The summed E-state index contributed by atoms with van der Waals surface area (Å²) in [4.78, 5) is 11.9. The number of hydrogen-bond acceptors (Lipinski definition) is 5. The lowest BCUT2D eigenvalue weighted by Crippen LogP contribution is -2.11. The van der Waals surface area contributed by atoms with Crippen molar-refractivity contribution >= 4 is 11.6 Å². The number of amides is 1. The van der Waals surface area contributed by atoms with Gasteiger partial charge in [0.25, 0.3) is 5.91 Å². The average Bonchev–Trinajstić information content (AvgIpc) is 3.12. The third kappa shape index (κ3) is 2.32. The second-order valence-electron chi connectivity index (χ2n) is 3.74. The monoisotopic (exact) mass is 255 g/mol. The Kier molecular flexibility index (Phi) is 2.73. The van der Waals surface area contributed by atoms with Gasteiger partial charge in [0.05, 0.1) is 17.6 Å². The summed E-state index contributed by atoms with van der Waals surface area (Å²) in [6.45, 7) is 0. The number of aromatic amines is 1. The molecule has 1 amide bonds. The van der Waals surface area contributed by atoms with E-state index in [0.29, 0.717) is 11.3 Å². The second-order valence-corrected chi connectivity index (χ2v) is 3.74. The molecule has 8 heteroatoms. The molecule has 19 heavy (non-hydrogen) atoms. The first-order valence-electron chi connectivity index (χ1n) is 5.46. The minimum atomic E-state index is -0.204. The largest absolute Gasteiger partial charge is 0.319 e. The zero-order chi connectivity index (χ0) is 13.1. The van der Waals surface area contributed by atoms with Crippen molar-refractivity contribution in [2.45, 2.75) is 0 Å². The van der Waals surface area contributed by atoms with E-state index < -0.39 is 0 Å². The van der Waals surface area contributed by atoms with Gasteiger partial charge in [-0.1, -0.05) is 0 Å². The van der Waals surface area contributed by atoms with Crippen molar-refractivity contribution in [2.75, 3.05) is 5.32 Å². The molecule has 2 aromatic heterocycles. The Bertz CT molecular complexity index is 658. The molecule has 0 atom stereocenters. The van der Waals surface area contributed by atoms with Gasteiger partial charge in [-0.25, -0.2) is 4.68 Å². The molecule has 3 rings (SSSR count). The number of anilines is 1. The Morgan fingerprint density at radius 3 is 2.74 bits per heavy atom. The molecule has 3 aromatic rings. The molecule has 2 N–H and O–H groups in total. The first-order chi connectivity index (χ1) is 9.33. The van der Waals surface area contributed by atoms with Gasteiger partial charge in [-0.05, 0) is 34.7 Å². The maximum atomic E-state index is 11.9. The molecule has 0 bridgehead atoms. The molecule has 8 nitrogen and oxygen atoms in total. The zero-order valence-electron chi connectivity index (χ0n) is 9.69. The van der Waals surface area contributed by atoms with Crippen LogP contribution in [0.15, 0.2) is 43.0 Å². The number of aromatic nitrogens is 6. The van der Waals surface area contributed by atoms with Crippen LogP contribution in [0.3, 0.4) is 0 Å². The number of tetrazole rings is 1. The first kappa shape index (κ1) is 11.1. The maximum Gasteiger partial charge on any atom is 0.255 e. The Morgan fingerprint density at radius 1 is 1.26 bits per heavy atom. The third-order valence-electron chi connectivity index (χ3n) is 2.50. The van der Waals surface area contributed by atoms with E-state index in [2.05, 4.69) is 31.0 Å². The van der Waals surface area contributed by atoms with Gasteiger partial charge in [-0.2, -0.15) is 5.10 Å². The summed E-state index contributed by atoms with van der Waals surface area (Å²) >= 11 is 0. The third-order valence-corrected chi connectivity index (χ3v) is 2.50. The summed E-state index contributed by atoms with van der Waals surface area (Å²) in [5.41, 5.74) is 1.94. The van der Waals surface area contributed by atoms with Crippen molar-refractivity contribution in [3.8, 4) is 5.69 Å². The molecular weight excluding hydrogens is 246 g/mol. The van der Waals surface area contributed by atoms with E-state index in [1.165, 1.54) is 17.2 Å². The van der Waals surface area contributed by atoms with Gasteiger partial charge in [0.15, 0.2) is 0 Å². The first-order valence-corrected chi connectivity index (χ1v) is 5.46. The molecule has 0 aliphatic rings. The van der Waals surface area contributed by atoms with Crippen LogP contribution in [0.5, 0.6) is 0 Å². The summed E-state index contributed by atoms with van der Waals surface area (Å²) < 4.78 is 1.51. The molecule has 0 unspecified atom stereocenters. The van der Waals surface area contributed by atoms with Gasteiger partial charge >= 0.3 is 0 Å². The SMILES string of the molecule is O=C(Nc1cn[nH]c1)c1ccc(-n2cnnn2)cc1. The number of benzene rings is 1. The number of hydrogen-bond donors (Lipinski definition) is 2. The Hall–Kier alpha value is -3.03. The number of nitrogens with zero attached hydrogens (tertiary/aromatic N) is 5. The van der Waals surface area contributed by atoms with Gasteiger partial charge in [0, 0.05) is 11.8 Å². The minimum Gasteiger partial charge on any atom is -0.319 e. The van der Waals surface area contributed by atoms with Crippen LogP contribution in [0.4, 0.5) is 5.69 Å². The molecule has 94 valence electrons. The van der Waals surface area contributed by atoms with Crippen LogP contribution < -0.4 is 5.32 Å². The van der Waals surface area contributed by atoms with Crippen molar-refractivity contribution in [3.63, 3.8) is 0 Å². The summed E-state index contributed by atoms with van der Waals surface area (Å²) in [7, 11) is 0. The Morgan fingerprint density at radius 2 is 2.11 bits per heavy atom. The highest BCUT2D eigenvalue weighted by molar-refractivity contribution is 6.04. The van der Waals surface area contributed by atoms with Crippen molar-refractivity contribution in [3.05, 3.63) is 48.5 Å². The highest BCUT2D eigenvalue weighted by Crippen LogP contribution is 2.10. The number of carbonyl (C=O) groups excluding carboxylic acids is 1. The molecule has 1 aromatic carbocycles. The topological polar surface area (TPSA) is 101 Å². The lowest BCUT2D eigenvalue weighted by Gasteiger charge is -2.03. The van der Waals surface area contributed by atoms with Gasteiger partial charge in [0.1, 0.15) is 6.33 Å². The smallest absolute Gasteiger partial charge is 0.255 e. The summed E-state index contributed by atoms with van der Waals surface area (Å²) in [5, 5.41) is 20.0. The van der Waals surface area contributed by atoms with Crippen molar-refractivity contribution in [2.24, 2.45) is 0 Å². The second kappa shape index (κ2) is 4.69. The predicted molar refractivity (Wildman–Crippen MR) is 65.7 cm³/mol. The highest BCUT2D eigenvalue weighted by atomic mass is 16.1. The van der Waals surface area contributed by atoms with Gasteiger partial charge in [-0.3, -0.25) is 9.89 Å². The molecule has 0 aliphatic carbocycles. The predicted octanol–water partition coefficient (Wildman–Crippen LogP) is 0.638. The fourth-order valence-corrected chi connectivity index (χ4v) is 1.57. The minimum absolute atomic E-state index is 0.204. The van der Waals surface area contributed by atoms with Crippen LogP contribution in [0.25, 0.3) is 5.69 Å². The van der Waals surface area contributed by atoms with E-state index in [-0.39, 0.29) is 5.91 Å². The number of nitrogens with one attached hydrogen (secondary N) is 2. The molecular formula is C11H9N7O. The fourth-order valence-electron chi connectivity index (χ4n) is 1.57. The average molecular weight is 255 g/mol. The van der Waals surface area contributed by atoms with Crippen LogP contribution in [-0.4, -0.2) is 36.3 Å². The van der Waals surface area contributed by atoms with Crippen molar-refractivity contribution in [1.29, 1.82) is 0 Å². The quantitative estimate of drug-likeness (QED) is 0.715. The number of H-pyrrole nitrogens is 1. The number of carbonyl (C=O) groups is 1. The zero-order valence-corrected chi connectivity index (χ0v) is 9.69.